The van der Waals surface area contributed by atoms with Crippen LogP contribution in [0.25, 0.3) is 0 Å². The minimum Gasteiger partial charge on any atom is -0.406 e. The Kier molecular flexibility index (Phi) is 5.36. The number of ether oxygens (including phenoxy) is 1. The van der Waals surface area contributed by atoms with Crippen LogP contribution in [0.2, 0.25) is 0 Å². The molecule has 4 N–H and O–H groups in total. The topological polar surface area (TPSA) is 85.1 Å². The van der Waals surface area contributed by atoms with Gasteiger partial charge in [-0.25, -0.2) is 9.97 Å². The van der Waals surface area contributed by atoms with Gasteiger partial charge >= 0.3 is 6.36 Å². The molecule has 3 aromatic rings. The molecular formula is C17H13BrF3N5O. The molecule has 0 unspecified atom stereocenters. The molecule has 0 fully saturated rings. The van der Waals surface area contributed by atoms with E-state index < -0.39 is 6.36 Å². The molecule has 0 atom stereocenters. The fraction of sp³-hybridized carbons (Fsp3) is 0.0588. The van der Waals surface area contributed by atoms with E-state index >= 15 is 0 Å². The molecule has 0 aliphatic carbocycles. The predicted octanol–water partition coefficient (Wildman–Crippen LogP) is 5.21. The van der Waals surface area contributed by atoms with Crippen molar-refractivity contribution in [1.82, 2.24) is 9.97 Å². The molecule has 0 saturated carbocycles. The summed E-state index contributed by atoms with van der Waals surface area (Å²) in [6.07, 6.45) is -3.42. The van der Waals surface area contributed by atoms with Gasteiger partial charge in [-0.1, -0.05) is 22.0 Å². The van der Waals surface area contributed by atoms with Gasteiger partial charge in [0, 0.05) is 15.8 Å². The van der Waals surface area contributed by atoms with E-state index in [1.165, 1.54) is 30.6 Å². The van der Waals surface area contributed by atoms with Crippen LogP contribution in [0.3, 0.4) is 0 Å². The van der Waals surface area contributed by atoms with E-state index in [9.17, 15) is 13.2 Å². The van der Waals surface area contributed by atoms with Gasteiger partial charge in [0.25, 0.3) is 0 Å². The Labute approximate surface area is 160 Å². The third kappa shape index (κ3) is 5.23. The number of nitrogens with one attached hydrogen (secondary N) is 2. The lowest BCUT2D eigenvalue weighted by Crippen LogP contribution is -2.17. The summed E-state index contributed by atoms with van der Waals surface area (Å²) in [6, 6.07) is 12.7. The Hall–Kier alpha value is -3.01. The number of rotatable bonds is 5. The van der Waals surface area contributed by atoms with Crippen molar-refractivity contribution in [3.63, 3.8) is 0 Å². The summed E-state index contributed by atoms with van der Waals surface area (Å²) in [7, 11) is 0. The zero-order chi connectivity index (χ0) is 19.4. The van der Waals surface area contributed by atoms with E-state index in [4.69, 9.17) is 5.73 Å². The Morgan fingerprint density at radius 1 is 0.926 bits per heavy atom. The molecule has 0 saturated heterocycles. The number of benzene rings is 2. The normalized spacial score (nSPS) is 11.1. The Balaban J connectivity index is 1.76. The van der Waals surface area contributed by atoms with Crippen LogP contribution in [0.1, 0.15) is 0 Å². The number of aromatic nitrogens is 2. The Morgan fingerprint density at radius 3 is 2.15 bits per heavy atom. The summed E-state index contributed by atoms with van der Waals surface area (Å²) in [4.78, 5) is 8.18. The van der Waals surface area contributed by atoms with Crippen LogP contribution >= 0.6 is 15.9 Å². The lowest BCUT2D eigenvalue weighted by molar-refractivity contribution is -0.274. The number of nitrogens with zero attached hydrogens (tertiary/aromatic N) is 2. The number of alkyl halides is 3. The summed E-state index contributed by atoms with van der Waals surface area (Å²) in [5.74, 6) is 0.385. The molecule has 0 aliphatic heterocycles. The van der Waals surface area contributed by atoms with Crippen molar-refractivity contribution in [3.8, 4) is 5.75 Å². The van der Waals surface area contributed by atoms with Crippen molar-refractivity contribution in [2.24, 2.45) is 0 Å². The lowest BCUT2D eigenvalue weighted by Gasteiger charge is -2.13. The van der Waals surface area contributed by atoms with Crippen LogP contribution in [0.15, 0.2) is 59.3 Å². The lowest BCUT2D eigenvalue weighted by atomic mass is 10.3. The van der Waals surface area contributed by atoms with Crippen molar-refractivity contribution in [1.29, 1.82) is 0 Å². The van der Waals surface area contributed by atoms with E-state index in [0.717, 1.165) is 10.2 Å². The van der Waals surface area contributed by atoms with Crippen LogP contribution in [0.4, 0.5) is 41.9 Å². The summed E-state index contributed by atoms with van der Waals surface area (Å²) in [6.45, 7) is 0. The summed E-state index contributed by atoms with van der Waals surface area (Å²) >= 11 is 3.38. The number of halogens is 4. The molecule has 1 aromatic heterocycles. The molecule has 6 nitrogen and oxygen atoms in total. The van der Waals surface area contributed by atoms with Crippen LogP contribution < -0.4 is 21.1 Å². The Morgan fingerprint density at radius 2 is 1.56 bits per heavy atom. The van der Waals surface area contributed by atoms with Gasteiger partial charge in [0.1, 0.15) is 17.8 Å². The highest BCUT2D eigenvalue weighted by Crippen LogP contribution is 2.30. The highest BCUT2D eigenvalue weighted by atomic mass is 79.9. The molecule has 3 rings (SSSR count). The van der Waals surface area contributed by atoms with Crippen LogP contribution in [0, 0.1) is 0 Å². The van der Waals surface area contributed by atoms with Crippen molar-refractivity contribution in [2.45, 2.75) is 6.36 Å². The second kappa shape index (κ2) is 7.70. The van der Waals surface area contributed by atoms with Gasteiger partial charge < -0.3 is 21.1 Å². The molecule has 140 valence electrons. The minimum absolute atomic E-state index is 0.257. The van der Waals surface area contributed by atoms with Crippen LogP contribution in [0.5, 0.6) is 5.75 Å². The van der Waals surface area contributed by atoms with E-state index in [-0.39, 0.29) is 11.4 Å². The van der Waals surface area contributed by atoms with E-state index in [1.54, 1.807) is 0 Å². The third-order valence-electron chi connectivity index (χ3n) is 3.32. The summed E-state index contributed by atoms with van der Waals surface area (Å²) in [5, 5.41) is 6.02. The van der Waals surface area contributed by atoms with Crippen LogP contribution in [-0.2, 0) is 0 Å². The minimum atomic E-state index is -4.74. The zero-order valence-electron chi connectivity index (χ0n) is 13.6. The number of anilines is 5. The third-order valence-corrected chi connectivity index (χ3v) is 3.82. The van der Waals surface area contributed by atoms with Crippen molar-refractivity contribution in [2.75, 3.05) is 16.4 Å². The van der Waals surface area contributed by atoms with E-state index in [1.807, 2.05) is 24.3 Å². The molecule has 0 radical (unpaired) electrons. The van der Waals surface area contributed by atoms with Gasteiger partial charge in [-0.3, -0.25) is 0 Å². The second-order valence-corrected chi connectivity index (χ2v) is 6.23. The number of nitrogens with two attached hydrogens (primary N) is 1. The first-order valence-corrected chi connectivity index (χ1v) is 8.35. The first kappa shape index (κ1) is 18.8. The second-order valence-electron chi connectivity index (χ2n) is 5.32. The predicted molar refractivity (Wildman–Crippen MR) is 100 cm³/mol. The quantitative estimate of drug-likeness (QED) is 0.506. The molecule has 0 amide bonds. The SMILES string of the molecule is Nc1c(Nc2ccc(OC(F)(F)F)cc2)ncnc1Nc1cccc(Br)c1. The monoisotopic (exact) mass is 439 g/mol. The van der Waals surface area contributed by atoms with E-state index in [2.05, 4.69) is 41.3 Å². The summed E-state index contributed by atoms with van der Waals surface area (Å²) in [5.41, 5.74) is 7.61. The van der Waals surface area contributed by atoms with Gasteiger partial charge in [0.05, 0.1) is 0 Å². The first-order valence-electron chi connectivity index (χ1n) is 7.56. The van der Waals surface area contributed by atoms with Gasteiger partial charge in [-0.05, 0) is 42.5 Å². The number of hydrogen-bond acceptors (Lipinski definition) is 6. The molecule has 0 aliphatic rings. The number of nitrogen functional groups attached to an aromatic ring is 1. The highest BCUT2D eigenvalue weighted by molar-refractivity contribution is 9.10. The smallest absolute Gasteiger partial charge is 0.406 e. The van der Waals surface area contributed by atoms with E-state index in [0.29, 0.717) is 17.3 Å². The molecule has 2 aromatic carbocycles. The van der Waals surface area contributed by atoms with Gasteiger partial charge in [-0.2, -0.15) is 0 Å². The fourth-order valence-electron chi connectivity index (χ4n) is 2.17. The van der Waals surface area contributed by atoms with Crippen molar-refractivity contribution in [3.05, 3.63) is 59.3 Å². The number of hydrogen-bond donors (Lipinski definition) is 3. The zero-order valence-corrected chi connectivity index (χ0v) is 15.2. The average Bonchev–Trinajstić information content (AvgIpc) is 2.59. The van der Waals surface area contributed by atoms with Gasteiger partial charge in [-0.15, -0.1) is 13.2 Å². The maximum Gasteiger partial charge on any atom is 0.573 e. The van der Waals surface area contributed by atoms with Gasteiger partial charge in [0.15, 0.2) is 11.6 Å². The van der Waals surface area contributed by atoms with Crippen molar-refractivity contribution >= 4 is 44.6 Å². The Bertz CT molecular complexity index is 935. The fourth-order valence-corrected chi connectivity index (χ4v) is 2.57. The molecule has 0 bridgehead atoms. The summed E-state index contributed by atoms with van der Waals surface area (Å²) < 4.78 is 41.3. The molecule has 27 heavy (non-hydrogen) atoms. The maximum absolute atomic E-state index is 12.2. The highest BCUT2D eigenvalue weighted by Gasteiger charge is 2.30. The molecule has 1 heterocycles. The molecular weight excluding hydrogens is 427 g/mol. The van der Waals surface area contributed by atoms with Crippen LogP contribution in [-0.4, -0.2) is 16.3 Å². The largest absolute Gasteiger partial charge is 0.573 e. The average molecular weight is 440 g/mol. The molecule has 10 heteroatoms. The maximum atomic E-state index is 12.2. The van der Waals surface area contributed by atoms with Crippen molar-refractivity contribution < 1.29 is 17.9 Å². The first-order chi connectivity index (χ1) is 12.8. The molecule has 0 spiro atoms. The standard InChI is InChI=1S/C17H13BrF3N5O/c18-10-2-1-3-12(8-10)26-16-14(22)15(23-9-24-16)25-11-4-6-13(7-5-11)27-17(19,20)21/h1-9H,22H2,(H2,23,24,25,26). The van der Waals surface area contributed by atoms with Gasteiger partial charge in [0.2, 0.25) is 0 Å².